The summed E-state index contributed by atoms with van der Waals surface area (Å²) in [5, 5.41) is 13.8. The molecule has 2 aromatic carbocycles. The summed E-state index contributed by atoms with van der Waals surface area (Å²) in [7, 11) is 0. The highest BCUT2D eigenvalue weighted by atomic mass is 16.6. The van der Waals surface area contributed by atoms with Crippen molar-refractivity contribution in [1.82, 2.24) is 15.3 Å². The minimum Gasteiger partial charge on any atom is -0.346 e. The van der Waals surface area contributed by atoms with Gasteiger partial charge >= 0.3 is 0 Å². The summed E-state index contributed by atoms with van der Waals surface area (Å²) >= 11 is 0. The van der Waals surface area contributed by atoms with Gasteiger partial charge in [-0.3, -0.25) is 14.9 Å². The summed E-state index contributed by atoms with van der Waals surface area (Å²) in [5.74, 6) is -0.272. The van der Waals surface area contributed by atoms with Crippen molar-refractivity contribution in [3.63, 3.8) is 0 Å². The second-order valence-corrected chi connectivity index (χ2v) is 6.15. The highest BCUT2D eigenvalue weighted by Crippen LogP contribution is 2.20. The van der Waals surface area contributed by atoms with Gasteiger partial charge in [0.15, 0.2) is 0 Å². The second kappa shape index (κ2) is 6.87. The maximum atomic E-state index is 12.5. The Bertz CT molecular complexity index is 1020. The molecule has 7 heteroatoms. The number of fused-ring (bicyclic) bond motifs is 1. The number of benzene rings is 2. The van der Waals surface area contributed by atoms with Gasteiger partial charge in [-0.15, -0.1) is 0 Å². The SMILES string of the molecule is Cc1nc2ccc(C(=O)N[C@@H](C)c3cccc([N+](=O)[O-])c3)cc2nc1C. The Morgan fingerprint density at radius 1 is 1.08 bits per heavy atom. The van der Waals surface area contributed by atoms with Crippen LogP contribution in [-0.2, 0) is 0 Å². The number of aryl methyl sites for hydroxylation is 2. The van der Waals surface area contributed by atoms with Crippen LogP contribution >= 0.6 is 0 Å². The molecule has 26 heavy (non-hydrogen) atoms. The van der Waals surface area contributed by atoms with Crippen LogP contribution in [0, 0.1) is 24.0 Å². The van der Waals surface area contributed by atoms with E-state index in [1.54, 1.807) is 37.3 Å². The smallest absolute Gasteiger partial charge is 0.269 e. The zero-order valence-corrected chi connectivity index (χ0v) is 14.7. The van der Waals surface area contributed by atoms with Crippen LogP contribution in [0.4, 0.5) is 5.69 Å². The predicted octanol–water partition coefficient (Wildman–Crippen LogP) is 3.65. The molecule has 0 spiro atoms. The van der Waals surface area contributed by atoms with Gasteiger partial charge in [-0.1, -0.05) is 12.1 Å². The second-order valence-electron chi connectivity index (χ2n) is 6.15. The molecule has 1 amide bonds. The molecule has 0 saturated carbocycles. The standard InChI is InChI=1S/C19H18N4O3/c1-11-12(2)21-18-10-15(7-8-17(18)20-11)19(24)22-13(3)14-5-4-6-16(9-14)23(25)26/h4-10,13H,1-3H3,(H,22,24)/t13-/m0/s1. The normalized spacial score (nSPS) is 12.0. The largest absolute Gasteiger partial charge is 0.346 e. The van der Waals surface area contributed by atoms with Crippen LogP contribution in [0.1, 0.15) is 40.3 Å². The average molecular weight is 350 g/mol. The third-order valence-corrected chi connectivity index (χ3v) is 4.27. The van der Waals surface area contributed by atoms with Crippen LogP contribution < -0.4 is 5.32 Å². The van der Waals surface area contributed by atoms with Crippen molar-refractivity contribution >= 4 is 22.6 Å². The van der Waals surface area contributed by atoms with Gasteiger partial charge in [0.05, 0.1) is 33.4 Å². The number of nitrogens with zero attached hydrogens (tertiary/aromatic N) is 3. The first kappa shape index (κ1) is 17.5. The Kier molecular flexibility index (Phi) is 4.62. The Morgan fingerprint density at radius 3 is 2.46 bits per heavy atom. The monoisotopic (exact) mass is 350 g/mol. The summed E-state index contributed by atoms with van der Waals surface area (Å²) in [6.07, 6.45) is 0. The molecular formula is C19H18N4O3. The summed E-state index contributed by atoms with van der Waals surface area (Å²) in [6, 6.07) is 11.0. The Morgan fingerprint density at radius 2 is 1.77 bits per heavy atom. The lowest BCUT2D eigenvalue weighted by atomic mass is 10.1. The van der Waals surface area contributed by atoms with Gasteiger partial charge in [-0.25, -0.2) is 9.97 Å². The van der Waals surface area contributed by atoms with Gasteiger partial charge in [0.25, 0.3) is 11.6 Å². The van der Waals surface area contributed by atoms with Gasteiger partial charge in [-0.2, -0.15) is 0 Å². The zero-order valence-electron chi connectivity index (χ0n) is 14.7. The number of aromatic nitrogens is 2. The molecule has 1 N–H and O–H groups in total. The zero-order chi connectivity index (χ0) is 18.8. The molecule has 0 aliphatic rings. The van der Waals surface area contributed by atoms with E-state index in [1.165, 1.54) is 12.1 Å². The minimum absolute atomic E-state index is 0.00424. The Labute approximate surface area is 150 Å². The van der Waals surface area contributed by atoms with Gasteiger partial charge < -0.3 is 5.32 Å². The van der Waals surface area contributed by atoms with Crippen LogP contribution in [-0.4, -0.2) is 20.8 Å². The van der Waals surface area contributed by atoms with Crippen molar-refractivity contribution in [3.05, 3.63) is 75.1 Å². The molecule has 1 atom stereocenters. The number of hydrogen-bond acceptors (Lipinski definition) is 5. The number of nitro benzene ring substituents is 1. The lowest BCUT2D eigenvalue weighted by molar-refractivity contribution is -0.384. The van der Waals surface area contributed by atoms with Crippen LogP contribution in [0.2, 0.25) is 0 Å². The maximum Gasteiger partial charge on any atom is 0.269 e. The first-order valence-electron chi connectivity index (χ1n) is 8.15. The fourth-order valence-corrected chi connectivity index (χ4v) is 2.64. The molecule has 132 valence electrons. The Balaban J connectivity index is 1.83. The number of non-ortho nitro benzene ring substituents is 1. The van der Waals surface area contributed by atoms with Crippen molar-refractivity contribution in [2.45, 2.75) is 26.8 Å². The van der Waals surface area contributed by atoms with Gasteiger partial charge in [0, 0.05) is 17.7 Å². The van der Waals surface area contributed by atoms with Gasteiger partial charge in [-0.05, 0) is 44.5 Å². The minimum atomic E-state index is -0.454. The quantitative estimate of drug-likeness (QED) is 0.572. The van der Waals surface area contributed by atoms with Crippen LogP contribution in [0.3, 0.4) is 0 Å². The van der Waals surface area contributed by atoms with Gasteiger partial charge in [0.2, 0.25) is 0 Å². The number of amides is 1. The Hall–Kier alpha value is -3.35. The van der Waals surface area contributed by atoms with Crippen molar-refractivity contribution in [3.8, 4) is 0 Å². The fourth-order valence-electron chi connectivity index (χ4n) is 2.64. The van der Waals surface area contributed by atoms with Crippen molar-refractivity contribution in [2.75, 3.05) is 0 Å². The van der Waals surface area contributed by atoms with E-state index in [0.29, 0.717) is 16.6 Å². The number of nitro groups is 1. The maximum absolute atomic E-state index is 12.5. The van der Waals surface area contributed by atoms with E-state index in [0.717, 1.165) is 16.9 Å². The summed E-state index contributed by atoms with van der Waals surface area (Å²) in [6.45, 7) is 5.55. The lowest BCUT2D eigenvalue weighted by Crippen LogP contribution is -2.26. The summed E-state index contributed by atoms with van der Waals surface area (Å²) in [4.78, 5) is 31.9. The van der Waals surface area contributed by atoms with E-state index in [1.807, 2.05) is 13.8 Å². The van der Waals surface area contributed by atoms with E-state index in [2.05, 4.69) is 15.3 Å². The van der Waals surface area contributed by atoms with E-state index < -0.39 is 4.92 Å². The molecule has 0 fully saturated rings. The highest BCUT2D eigenvalue weighted by molar-refractivity contribution is 5.97. The summed E-state index contributed by atoms with van der Waals surface area (Å²) < 4.78 is 0. The predicted molar refractivity (Wildman–Crippen MR) is 98.0 cm³/mol. The van der Waals surface area contributed by atoms with E-state index in [9.17, 15) is 14.9 Å². The third-order valence-electron chi connectivity index (χ3n) is 4.27. The van der Waals surface area contributed by atoms with E-state index in [-0.39, 0.29) is 17.6 Å². The summed E-state index contributed by atoms with van der Waals surface area (Å²) in [5.41, 5.74) is 4.19. The lowest BCUT2D eigenvalue weighted by Gasteiger charge is -2.14. The number of hydrogen-bond donors (Lipinski definition) is 1. The molecule has 0 radical (unpaired) electrons. The number of rotatable bonds is 4. The van der Waals surface area contributed by atoms with Crippen molar-refractivity contribution in [1.29, 1.82) is 0 Å². The molecule has 3 rings (SSSR count). The molecule has 0 aliphatic heterocycles. The molecule has 7 nitrogen and oxygen atoms in total. The molecular weight excluding hydrogens is 332 g/mol. The molecule has 1 aromatic heterocycles. The fraction of sp³-hybridized carbons (Fsp3) is 0.211. The van der Waals surface area contributed by atoms with Crippen molar-refractivity contribution < 1.29 is 9.72 Å². The average Bonchev–Trinajstić information content (AvgIpc) is 2.62. The number of carbonyl (C=O) groups excluding carboxylic acids is 1. The first-order valence-corrected chi connectivity index (χ1v) is 8.15. The topological polar surface area (TPSA) is 98.0 Å². The van der Waals surface area contributed by atoms with E-state index >= 15 is 0 Å². The van der Waals surface area contributed by atoms with Crippen LogP contribution in [0.25, 0.3) is 11.0 Å². The van der Waals surface area contributed by atoms with Crippen LogP contribution in [0.5, 0.6) is 0 Å². The molecule has 0 saturated heterocycles. The van der Waals surface area contributed by atoms with Crippen molar-refractivity contribution in [2.24, 2.45) is 0 Å². The first-order chi connectivity index (χ1) is 12.3. The number of carbonyl (C=O) groups is 1. The molecule has 0 unspecified atom stereocenters. The highest BCUT2D eigenvalue weighted by Gasteiger charge is 2.15. The molecule has 0 aliphatic carbocycles. The molecule has 3 aromatic rings. The van der Waals surface area contributed by atoms with Gasteiger partial charge in [0.1, 0.15) is 0 Å². The number of nitrogens with one attached hydrogen (secondary N) is 1. The van der Waals surface area contributed by atoms with E-state index in [4.69, 9.17) is 0 Å². The molecule has 1 heterocycles. The van der Waals surface area contributed by atoms with Crippen LogP contribution in [0.15, 0.2) is 42.5 Å². The third kappa shape index (κ3) is 3.51. The molecule has 0 bridgehead atoms.